The second-order valence-corrected chi connectivity index (χ2v) is 9.93. The Kier molecular flexibility index (Phi) is 3.56. The van der Waals surface area contributed by atoms with Crippen molar-refractivity contribution in [2.24, 2.45) is 10.0 Å². The minimum atomic E-state index is -4.73. The molecule has 0 aliphatic rings. The number of rotatable bonds is 1. The number of hydrogen-bond acceptors (Lipinski definition) is 1. The van der Waals surface area contributed by atoms with E-state index in [0.29, 0.717) is 0 Å². The van der Waals surface area contributed by atoms with Crippen molar-refractivity contribution in [1.29, 1.82) is 0 Å². The standard InChI is InChI=1S/Cl2F2H2N2P2S/c1-7(2,9)6-8(3,4)5/h5H2. The maximum atomic E-state index is 11.7. The molecule has 0 bridgehead atoms. The monoisotopic (exact) mass is 232 g/mol. The summed E-state index contributed by atoms with van der Waals surface area (Å²) in [5, 5.41) is 0. The lowest BCUT2D eigenvalue weighted by molar-refractivity contribution is 0.726. The molecule has 2 nitrogen and oxygen atoms in total. The van der Waals surface area contributed by atoms with Gasteiger partial charge < -0.3 is 0 Å². The normalized spacial score (nSPS) is 13.4. The molecular formula is H2Cl2F2N2P2S. The molecule has 0 aromatic rings. The van der Waals surface area contributed by atoms with Crippen molar-refractivity contribution in [3.8, 4) is 0 Å². The van der Waals surface area contributed by atoms with Crippen molar-refractivity contribution in [3.63, 3.8) is 0 Å². The van der Waals surface area contributed by atoms with Crippen molar-refractivity contribution >= 4 is 47.0 Å². The number of nitrogens with two attached hydrogens (primary N) is 1. The predicted octanol–water partition coefficient (Wildman–Crippen LogP) is 3.53. The van der Waals surface area contributed by atoms with Gasteiger partial charge in [-0.2, -0.15) is 12.9 Å². The molecule has 56 valence electrons. The van der Waals surface area contributed by atoms with Crippen LogP contribution in [0.5, 0.6) is 0 Å². The Hall–Kier alpha value is 1.28. The van der Waals surface area contributed by atoms with Crippen LogP contribution in [0, 0.1) is 0 Å². The highest BCUT2D eigenvalue weighted by Crippen LogP contribution is 2.66. The predicted molar refractivity (Wildman–Crippen MR) is 41.7 cm³/mol. The van der Waals surface area contributed by atoms with Crippen molar-refractivity contribution in [2.75, 3.05) is 0 Å². The Balaban J connectivity index is 4.53. The fourth-order valence-electron chi connectivity index (χ4n) is 0.139. The first kappa shape index (κ1) is 10.3. The number of halogens is 4. The third-order valence-electron chi connectivity index (χ3n) is 0.223. The van der Waals surface area contributed by atoms with Gasteiger partial charge in [-0.25, -0.2) is 5.50 Å². The van der Waals surface area contributed by atoms with E-state index in [4.69, 9.17) is 22.5 Å². The Labute approximate surface area is 65.7 Å². The molecule has 0 saturated carbocycles. The van der Waals surface area contributed by atoms with Gasteiger partial charge in [-0.3, -0.25) is 0 Å². The second kappa shape index (κ2) is 3.12. The Morgan fingerprint density at radius 1 is 1.44 bits per heavy atom. The van der Waals surface area contributed by atoms with E-state index >= 15 is 0 Å². The van der Waals surface area contributed by atoms with Crippen molar-refractivity contribution in [3.05, 3.63) is 0 Å². The largest absolute Gasteiger partial charge is 0.368 e. The molecule has 0 saturated heterocycles. The third-order valence-corrected chi connectivity index (χ3v) is 3.88. The molecular weight excluding hydrogens is 231 g/mol. The van der Waals surface area contributed by atoms with Crippen LogP contribution in [-0.2, 0) is 11.8 Å². The minimum absolute atomic E-state index is 2.55. The Morgan fingerprint density at radius 3 is 1.78 bits per heavy atom. The van der Waals surface area contributed by atoms with Gasteiger partial charge in [-0.15, -0.1) is 0 Å². The molecule has 0 aliphatic heterocycles. The highest BCUT2D eigenvalue weighted by atomic mass is 35.9. The van der Waals surface area contributed by atoms with Gasteiger partial charge >= 0.3 is 7.83 Å². The Bertz CT molecular complexity index is 182. The summed E-state index contributed by atoms with van der Waals surface area (Å²) in [5.74, 6) is 0. The van der Waals surface area contributed by atoms with E-state index < -0.39 is 12.7 Å². The zero-order chi connectivity index (χ0) is 7.71. The maximum absolute atomic E-state index is 11.7. The fraction of sp³-hybridized carbons (Fsp3) is 0. The SMILES string of the molecule is NP(F)(F)=NP(=S)(Cl)Cl. The van der Waals surface area contributed by atoms with Gasteiger partial charge in [0.05, 0.1) is 0 Å². The topological polar surface area (TPSA) is 38.4 Å². The lowest BCUT2D eigenvalue weighted by atomic mass is 13.9. The second-order valence-electron chi connectivity index (χ2n) is 1.05. The first-order chi connectivity index (χ1) is 3.71. The van der Waals surface area contributed by atoms with Crippen LogP contribution in [0.15, 0.2) is 4.52 Å². The summed E-state index contributed by atoms with van der Waals surface area (Å²) in [6, 6.07) is 0. The summed E-state index contributed by atoms with van der Waals surface area (Å²) in [6.07, 6.45) is 0. The summed E-state index contributed by atoms with van der Waals surface area (Å²) in [7, 11) is -4.73. The number of hydrogen-bond donors (Lipinski definition) is 1. The van der Waals surface area contributed by atoms with Crippen LogP contribution >= 0.6 is 35.2 Å². The minimum Gasteiger partial charge on any atom is -0.246 e. The fourth-order valence-corrected chi connectivity index (χ4v) is 3.75. The van der Waals surface area contributed by atoms with E-state index in [-0.39, 0.29) is 0 Å². The van der Waals surface area contributed by atoms with Gasteiger partial charge in [0.25, 0.3) is 0 Å². The van der Waals surface area contributed by atoms with Crippen LogP contribution in [0.1, 0.15) is 0 Å². The van der Waals surface area contributed by atoms with E-state index in [1.807, 2.05) is 0 Å². The average Bonchev–Trinajstić information content (AvgIpc) is 1.14. The molecule has 0 fully saturated rings. The van der Waals surface area contributed by atoms with E-state index in [0.717, 1.165) is 0 Å². The van der Waals surface area contributed by atoms with E-state index in [2.05, 4.69) is 21.8 Å². The molecule has 0 rings (SSSR count). The van der Waals surface area contributed by atoms with Crippen LogP contribution in [0.25, 0.3) is 0 Å². The van der Waals surface area contributed by atoms with Crippen LogP contribution in [-0.4, -0.2) is 0 Å². The lowest BCUT2D eigenvalue weighted by Crippen LogP contribution is -1.77. The van der Waals surface area contributed by atoms with E-state index in [1.165, 1.54) is 0 Å². The molecule has 0 atom stereocenters. The summed E-state index contributed by atoms with van der Waals surface area (Å²) in [6.45, 7) is 0. The number of nitrogens with zero attached hydrogens (tertiary/aromatic N) is 1. The van der Waals surface area contributed by atoms with Gasteiger partial charge in [0.15, 0.2) is 0 Å². The van der Waals surface area contributed by atoms with Crippen LogP contribution in [0.3, 0.4) is 0 Å². The zero-order valence-electron chi connectivity index (χ0n) is 3.84. The maximum Gasteiger partial charge on any atom is 0.368 e. The molecule has 9 heavy (non-hydrogen) atoms. The summed E-state index contributed by atoms with van der Waals surface area (Å²) >= 11 is 14.2. The molecule has 0 amide bonds. The Morgan fingerprint density at radius 2 is 1.78 bits per heavy atom. The van der Waals surface area contributed by atoms with Crippen LogP contribution < -0.4 is 5.50 Å². The molecule has 0 aromatic carbocycles. The lowest BCUT2D eigenvalue weighted by Gasteiger charge is -1.98. The molecule has 2 N–H and O–H groups in total. The molecule has 0 spiro atoms. The van der Waals surface area contributed by atoms with Crippen molar-refractivity contribution < 1.29 is 8.39 Å². The van der Waals surface area contributed by atoms with Gasteiger partial charge in [-0.1, -0.05) is 0 Å². The van der Waals surface area contributed by atoms with Crippen molar-refractivity contribution in [1.82, 2.24) is 0 Å². The zero-order valence-corrected chi connectivity index (χ0v) is 7.96. The first-order valence-electron chi connectivity index (χ1n) is 1.52. The van der Waals surface area contributed by atoms with Gasteiger partial charge in [0.1, 0.15) is 0 Å². The van der Waals surface area contributed by atoms with Crippen molar-refractivity contribution in [2.45, 2.75) is 0 Å². The van der Waals surface area contributed by atoms with Gasteiger partial charge in [-0.05, 0) is 34.3 Å². The van der Waals surface area contributed by atoms with Gasteiger partial charge in [0.2, 0.25) is 4.89 Å². The quantitative estimate of drug-likeness (QED) is 0.703. The van der Waals surface area contributed by atoms with Crippen LogP contribution in [0.4, 0.5) is 8.39 Å². The van der Waals surface area contributed by atoms with Crippen LogP contribution in [0.2, 0.25) is 0 Å². The molecule has 0 aromatic heterocycles. The molecule has 9 heteroatoms. The smallest absolute Gasteiger partial charge is 0.246 e. The first-order valence-corrected chi connectivity index (χ1v) is 7.67. The van der Waals surface area contributed by atoms with Gasteiger partial charge in [0, 0.05) is 0 Å². The highest BCUT2D eigenvalue weighted by molar-refractivity contribution is 8.39. The van der Waals surface area contributed by atoms with E-state index in [1.54, 1.807) is 0 Å². The summed E-state index contributed by atoms with van der Waals surface area (Å²) in [5.41, 5.74) is 4.22. The molecule has 0 radical (unpaired) electrons. The molecule has 0 heterocycles. The third kappa shape index (κ3) is 9.28. The highest BCUT2D eigenvalue weighted by Gasteiger charge is 2.15. The molecule has 0 unspecified atom stereocenters. The summed E-state index contributed by atoms with van der Waals surface area (Å²) < 4.78 is 26.0. The van der Waals surface area contributed by atoms with E-state index in [9.17, 15) is 8.39 Å². The summed E-state index contributed by atoms with van der Waals surface area (Å²) in [4.78, 5) is -3.21. The molecule has 0 aliphatic carbocycles. The average molecular weight is 233 g/mol.